The maximum absolute atomic E-state index is 12.8. The molecule has 1 heterocycles. The van der Waals surface area contributed by atoms with Crippen LogP contribution in [-0.2, 0) is 47.7 Å². The number of hydrogen-bond acceptors (Lipinski definition) is 10. The van der Waals surface area contributed by atoms with Gasteiger partial charge in [-0.05, 0) is 23.8 Å². The Bertz CT molecular complexity index is 1040. The molecule has 0 bridgehead atoms. The maximum atomic E-state index is 12.8. The van der Waals surface area contributed by atoms with Crippen LogP contribution in [0.5, 0.6) is 0 Å². The Balaban J connectivity index is 2.39. The third-order valence-corrected chi connectivity index (χ3v) is 5.23. The quantitative estimate of drug-likeness (QED) is 0.293. The Kier molecular flexibility index (Phi) is 10.7. The van der Waals surface area contributed by atoms with Crippen molar-refractivity contribution in [1.82, 2.24) is 5.32 Å². The van der Waals surface area contributed by atoms with E-state index in [-0.39, 0.29) is 0 Å². The molecule has 0 aliphatic carbocycles. The predicted octanol–water partition coefficient (Wildman–Crippen LogP) is 2.21. The average Bonchev–Trinajstić information content (AvgIpc) is 2.74. The van der Waals surface area contributed by atoms with Crippen molar-refractivity contribution in [3.05, 3.63) is 39.9 Å². The van der Waals surface area contributed by atoms with E-state index in [0.717, 1.165) is 33.8 Å². The molecule has 5 atom stereocenters. The standard InChI is InChI=1S/C23H25Cl2NO10/c1-11(27)32-10-18-21(33-12(2)28)22(34-13(3)29)20(23(36-18)35-14(4)30)26-19(31)8-6-15-5-7-16(24)9-17(15)25/h5-9,18,20-23H,10H2,1-4H3,(H,26,31)/b8-6+/t18-,20-,21+,22-,23-/m0/s1. The van der Waals surface area contributed by atoms with Crippen LogP contribution in [0.4, 0.5) is 0 Å². The van der Waals surface area contributed by atoms with Crippen molar-refractivity contribution >= 4 is 59.1 Å². The minimum atomic E-state index is -1.49. The van der Waals surface area contributed by atoms with E-state index < -0.39 is 67.0 Å². The number of ether oxygens (including phenoxy) is 5. The van der Waals surface area contributed by atoms with Crippen LogP contribution in [0.1, 0.15) is 33.3 Å². The van der Waals surface area contributed by atoms with E-state index in [9.17, 15) is 24.0 Å². The zero-order valence-electron chi connectivity index (χ0n) is 19.8. The lowest BCUT2D eigenvalue weighted by Crippen LogP contribution is -2.66. The number of carbonyl (C=O) groups is 5. The van der Waals surface area contributed by atoms with Crippen LogP contribution in [0, 0.1) is 0 Å². The van der Waals surface area contributed by atoms with E-state index in [0.29, 0.717) is 15.6 Å². The fraction of sp³-hybridized carbons (Fsp3) is 0.435. The lowest BCUT2D eigenvalue weighted by atomic mass is 9.96. The van der Waals surface area contributed by atoms with E-state index in [1.54, 1.807) is 12.1 Å². The van der Waals surface area contributed by atoms with E-state index in [1.807, 2.05) is 0 Å². The third-order valence-electron chi connectivity index (χ3n) is 4.67. The van der Waals surface area contributed by atoms with Crippen molar-refractivity contribution in [1.29, 1.82) is 0 Å². The zero-order valence-corrected chi connectivity index (χ0v) is 21.3. The fourth-order valence-corrected chi connectivity index (χ4v) is 3.81. The van der Waals surface area contributed by atoms with Gasteiger partial charge in [-0.25, -0.2) is 0 Å². The topological polar surface area (TPSA) is 144 Å². The second kappa shape index (κ2) is 13.2. The number of halogens is 2. The fourth-order valence-electron chi connectivity index (χ4n) is 3.33. The Morgan fingerprint density at radius 1 is 0.917 bits per heavy atom. The highest BCUT2D eigenvalue weighted by Crippen LogP contribution is 2.28. The van der Waals surface area contributed by atoms with Crippen LogP contribution in [0.15, 0.2) is 24.3 Å². The smallest absolute Gasteiger partial charge is 0.305 e. The molecule has 1 aliphatic heterocycles. The molecule has 13 heteroatoms. The van der Waals surface area contributed by atoms with Crippen LogP contribution < -0.4 is 5.32 Å². The van der Waals surface area contributed by atoms with Crippen LogP contribution >= 0.6 is 23.2 Å². The van der Waals surface area contributed by atoms with Gasteiger partial charge >= 0.3 is 23.9 Å². The number of benzene rings is 1. The van der Waals surface area contributed by atoms with Crippen LogP contribution in [0.3, 0.4) is 0 Å². The van der Waals surface area contributed by atoms with Crippen molar-refractivity contribution in [2.45, 2.75) is 58.3 Å². The van der Waals surface area contributed by atoms with Crippen molar-refractivity contribution < 1.29 is 47.7 Å². The van der Waals surface area contributed by atoms with E-state index in [4.69, 9.17) is 46.9 Å². The molecule has 2 rings (SSSR count). The van der Waals surface area contributed by atoms with Gasteiger partial charge in [-0.15, -0.1) is 0 Å². The summed E-state index contributed by atoms with van der Waals surface area (Å²) in [4.78, 5) is 59.6. The molecule has 0 aromatic heterocycles. The summed E-state index contributed by atoms with van der Waals surface area (Å²) in [7, 11) is 0. The molecule has 0 unspecified atom stereocenters. The first-order valence-electron chi connectivity index (χ1n) is 10.6. The average molecular weight is 546 g/mol. The van der Waals surface area contributed by atoms with E-state index in [2.05, 4.69) is 5.32 Å². The number of carbonyl (C=O) groups excluding carboxylic acids is 5. The van der Waals surface area contributed by atoms with Gasteiger partial charge < -0.3 is 29.0 Å². The Morgan fingerprint density at radius 2 is 1.53 bits per heavy atom. The van der Waals surface area contributed by atoms with Crippen LogP contribution in [0.25, 0.3) is 6.08 Å². The molecule has 11 nitrogen and oxygen atoms in total. The summed E-state index contributed by atoms with van der Waals surface area (Å²) in [6.07, 6.45) is -2.83. The first kappa shape index (κ1) is 29.1. The molecule has 1 saturated heterocycles. The molecule has 1 N–H and O–H groups in total. The van der Waals surface area contributed by atoms with Crippen LogP contribution in [-0.4, -0.2) is 67.0 Å². The van der Waals surface area contributed by atoms with Gasteiger partial charge in [-0.3, -0.25) is 24.0 Å². The second-order valence-electron chi connectivity index (χ2n) is 7.64. The molecule has 0 saturated carbocycles. The highest BCUT2D eigenvalue weighted by molar-refractivity contribution is 6.35. The summed E-state index contributed by atoms with van der Waals surface area (Å²) < 4.78 is 26.5. The Morgan fingerprint density at radius 3 is 2.08 bits per heavy atom. The predicted molar refractivity (Wildman–Crippen MR) is 126 cm³/mol. The minimum absolute atomic E-state index is 0.298. The first-order valence-corrected chi connectivity index (χ1v) is 11.4. The highest BCUT2D eigenvalue weighted by Gasteiger charge is 2.52. The van der Waals surface area contributed by atoms with Gasteiger partial charge in [0.2, 0.25) is 12.2 Å². The summed E-state index contributed by atoms with van der Waals surface area (Å²) in [6.45, 7) is 4.05. The lowest BCUT2D eigenvalue weighted by Gasteiger charge is -2.44. The number of rotatable bonds is 8. The molecule has 1 amide bonds. The molecular formula is C23H25Cl2NO10. The van der Waals surface area contributed by atoms with Crippen molar-refractivity contribution in [3.63, 3.8) is 0 Å². The van der Waals surface area contributed by atoms with Gasteiger partial charge in [-0.1, -0.05) is 29.3 Å². The van der Waals surface area contributed by atoms with Gasteiger partial charge in [-0.2, -0.15) is 0 Å². The van der Waals surface area contributed by atoms with Gasteiger partial charge in [0.1, 0.15) is 18.8 Å². The van der Waals surface area contributed by atoms with Crippen molar-refractivity contribution in [2.75, 3.05) is 6.61 Å². The van der Waals surface area contributed by atoms with Gasteiger partial charge in [0.15, 0.2) is 12.2 Å². The zero-order chi connectivity index (χ0) is 27.0. The van der Waals surface area contributed by atoms with Crippen LogP contribution in [0.2, 0.25) is 10.0 Å². The Labute approximate surface area is 216 Å². The largest absolute Gasteiger partial charge is 0.463 e. The summed E-state index contributed by atoms with van der Waals surface area (Å²) >= 11 is 12.0. The summed E-state index contributed by atoms with van der Waals surface area (Å²) in [6, 6.07) is 3.36. The molecule has 1 aromatic carbocycles. The molecule has 196 valence electrons. The molecule has 1 aromatic rings. The molecule has 36 heavy (non-hydrogen) atoms. The number of nitrogens with one attached hydrogen (secondary N) is 1. The Hall–Kier alpha value is -3.15. The second-order valence-corrected chi connectivity index (χ2v) is 8.48. The molecule has 1 fully saturated rings. The summed E-state index contributed by atoms with van der Waals surface area (Å²) in [5.74, 6) is -3.68. The monoisotopic (exact) mass is 545 g/mol. The van der Waals surface area contributed by atoms with Gasteiger partial charge in [0.25, 0.3) is 0 Å². The molecule has 1 aliphatic rings. The molecular weight excluding hydrogens is 521 g/mol. The molecule has 0 spiro atoms. The van der Waals surface area contributed by atoms with Crippen molar-refractivity contribution in [3.8, 4) is 0 Å². The number of esters is 4. The van der Waals surface area contributed by atoms with Gasteiger partial charge in [0.05, 0.1) is 0 Å². The molecule has 0 radical (unpaired) electrons. The highest BCUT2D eigenvalue weighted by atomic mass is 35.5. The summed E-state index contributed by atoms with van der Waals surface area (Å²) in [5, 5.41) is 3.26. The first-order chi connectivity index (χ1) is 16.9. The normalized spacial score (nSPS) is 23.4. The minimum Gasteiger partial charge on any atom is -0.463 e. The SMILES string of the molecule is CC(=O)OC[C@@H]1O[C@H](OC(C)=O)[C@@H](NC(=O)/C=C/c2ccc(Cl)cc2Cl)[C@H](OC(C)=O)[C@@H]1OC(C)=O. The van der Waals surface area contributed by atoms with Gasteiger partial charge in [0, 0.05) is 43.8 Å². The number of amides is 1. The van der Waals surface area contributed by atoms with Crippen molar-refractivity contribution in [2.24, 2.45) is 0 Å². The lowest BCUT2D eigenvalue weighted by molar-refractivity contribution is -0.270. The van der Waals surface area contributed by atoms with E-state index >= 15 is 0 Å². The number of hydrogen-bond donors (Lipinski definition) is 1. The maximum Gasteiger partial charge on any atom is 0.305 e. The third kappa shape index (κ3) is 8.81. The summed E-state index contributed by atoms with van der Waals surface area (Å²) in [5.41, 5.74) is 0.489. The van der Waals surface area contributed by atoms with E-state index in [1.165, 1.54) is 12.1 Å².